The molecule has 2 N–H and O–H groups in total. The van der Waals surface area contributed by atoms with Gasteiger partial charge in [-0.3, -0.25) is 19.0 Å². The van der Waals surface area contributed by atoms with Gasteiger partial charge < -0.3 is 19.9 Å². The van der Waals surface area contributed by atoms with Crippen LogP contribution in [-0.4, -0.2) is 48.2 Å². The summed E-state index contributed by atoms with van der Waals surface area (Å²) in [5.41, 5.74) is 0.832. The molecule has 0 aliphatic rings. The van der Waals surface area contributed by atoms with Gasteiger partial charge in [0.2, 0.25) is 5.88 Å². The highest BCUT2D eigenvalue weighted by Crippen LogP contribution is 2.38. The van der Waals surface area contributed by atoms with Crippen LogP contribution in [-0.2, 0) is 20.9 Å². The summed E-state index contributed by atoms with van der Waals surface area (Å²) in [5, 5.41) is 20.9. The highest BCUT2D eigenvalue weighted by atomic mass is 16.5. The van der Waals surface area contributed by atoms with Crippen LogP contribution in [0.25, 0.3) is 10.9 Å². The first-order valence-corrected chi connectivity index (χ1v) is 9.19. The number of nitrogens with zero attached hydrogens (tertiary/aromatic N) is 3. The summed E-state index contributed by atoms with van der Waals surface area (Å²) in [5.74, 6) is -1.75. The summed E-state index contributed by atoms with van der Waals surface area (Å²) >= 11 is 0. The molecule has 0 atom stereocenters. The molecule has 10 heteroatoms. The molecular weight excluding hydrogens is 404 g/mol. The Morgan fingerprint density at radius 3 is 2.52 bits per heavy atom. The van der Waals surface area contributed by atoms with Crippen LogP contribution in [0.15, 0.2) is 58.8 Å². The van der Waals surface area contributed by atoms with E-state index in [1.54, 1.807) is 48.5 Å². The van der Waals surface area contributed by atoms with Gasteiger partial charge in [-0.2, -0.15) is 0 Å². The highest BCUT2D eigenvalue weighted by Gasteiger charge is 2.19. The van der Waals surface area contributed by atoms with Gasteiger partial charge in [0.1, 0.15) is 18.8 Å². The Morgan fingerprint density at radius 1 is 1.06 bits per heavy atom. The fourth-order valence-electron chi connectivity index (χ4n) is 2.95. The van der Waals surface area contributed by atoms with Crippen molar-refractivity contribution in [2.75, 3.05) is 20.8 Å². The minimum atomic E-state index is -0.729. The smallest absolute Gasteiger partial charge is 0.325 e. The van der Waals surface area contributed by atoms with E-state index in [-0.39, 0.29) is 23.7 Å². The van der Waals surface area contributed by atoms with Crippen LogP contribution in [0.4, 0.5) is 5.69 Å². The normalized spacial score (nSPS) is 10.9. The van der Waals surface area contributed by atoms with Crippen molar-refractivity contribution >= 4 is 34.4 Å². The van der Waals surface area contributed by atoms with Crippen LogP contribution >= 0.6 is 0 Å². The number of hydrogen-bond acceptors (Lipinski definition) is 7. The molecule has 0 aliphatic carbocycles. The second-order valence-electron chi connectivity index (χ2n) is 6.33. The van der Waals surface area contributed by atoms with Gasteiger partial charge in [0.25, 0.3) is 11.8 Å². The molecule has 0 radical (unpaired) electrons. The molecule has 3 aromatic rings. The lowest BCUT2D eigenvalue weighted by Gasteiger charge is -2.07. The SMILES string of the molecule is COC(=O)Cn1c(O)c(N=NC(=O)CNC(=O)c2ccccc2OC)c2ccccc21. The third-order valence-electron chi connectivity index (χ3n) is 4.45. The molecule has 160 valence electrons. The average Bonchev–Trinajstić information content (AvgIpc) is 3.06. The van der Waals surface area contributed by atoms with Gasteiger partial charge in [-0.15, -0.1) is 10.2 Å². The zero-order chi connectivity index (χ0) is 22.4. The Hall–Kier alpha value is -4.21. The Labute approximate surface area is 177 Å². The molecule has 0 saturated heterocycles. The lowest BCUT2D eigenvalue weighted by molar-refractivity contribution is -0.141. The van der Waals surface area contributed by atoms with Crippen LogP contribution in [0.2, 0.25) is 0 Å². The molecule has 0 bridgehead atoms. The summed E-state index contributed by atoms with van der Waals surface area (Å²) in [6.07, 6.45) is 0. The van der Waals surface area contributed by atoms with Crippen molar-refractivity contribution in [1.29, 1.82) is 0 Å². The number of fused-ring (bicyclic) bond motifs is 1. The van der Waals surface area contributed by atoms with E-state index in [0.717, 1.165) is 0 Å². The van der Waals surface area contributed by atoms with Gasteiger partial charge in [0.05, 0.1) is 25.3 Å². The van der Waals surface area contributed by atoms with Crippen LogP contribution in [0.5, 0.6) is 11.6 Å². The lowest BCUT2D eigenvalue weighted by Crippen LogP contribution is -2.28. The number of carbonyl (C=O) groups is 3. The maximum Gasteiger partial charge on any atom is 0.325 e. The minimum Gasteiger partial charge on any atom is -0.496 e. The molecular formula is C21H20N4O6. The molecule has 0 unspecified atom stereocenters. The zero-order valence-electron chi connectivity index (χ0n) is 16.9. The third kappa shape index (κ3) is 4.69. The average molecular weight is 424 g/mol. The molecule has 2 aromatic carbocycles. The number of aromatic hydroxyl groups is 1. The molecule has 10 nitrogen and oxygen atoms in total. The van der Waals surface area contributed by atoms with Gasteiger partial charge in [-0.05, 0) is 18.2 Å². The van der Waals surface area contributed by atoms with E-state index in [1.807, 2.05) is 0 Å². The maximum atomic E-state index is 12.3. The number of ether oxygens (including phenoxy) is 2. The van der Waals surface area contributed by atoms with Crippen LogP contribution in [0, 0.1) is 0 Å². The quantitative estimate of drug-likeness (QED) is 0.443. The van der Waals surface area contributed by atoms with Crippen LogP contribution < -0.4 is 10.1 Å². The fourth-order valence-corrected chi connectivity index (χ4v) is 2.95. The van der Waals surface area contributed by atoms with E-state index in [4.69, 9.17) is 4.74 Å². The van der Waals surface area contributed by atoms with E-state index >= 15 is 0 Å². The minimum absolute atomic E-state index is 0.0314. The fraction of sp³-hybridized carbons (Fsp3) is 0.190. The first-order chi connectivity index (χ1) is 15.0. The van der Waals surface area contributed by atoms with Crippen molar-refractivity contribution < 1.29 is 29.0 Å². The van der Waals surface area contributed by atoms with Crippen molar-refractivity contribution in [2.45, 2.75) is 6.54 Å². The molecule has 0 fully saturated rings. The third-order valence-corrected chi connectivity index (χ3v) is 4.45. The molecule has 1 heterocycles. The Kier molecular flexibility index (Phi) is 6.61. The molecule has 31 heavy (non-hydrogen) atoms. The number of hydrogen-bond donors (Lipinski definition) is 2. The summed E-state index contributed by atoms with van der Waals surface area (Å²) in [4.78, 5) is 36.0. The first kappa shape index (κ1) is 21.5. The Morgan fingerprint density at radius 2 is 1.77 bits per heavy atom. The monoisotopic (exact) mass is 424 g/mol. The maximum absolute atomic E-state index is 12.3. The molecule has 0 spiro atoms. The van der Waals surface area contributed by atoms with Gasteiger partial charge in [-0.1, -0.05) is 30.3 Å². The number of methoxy groups -OCH3 is 2. The predicted molar refractivity (Wildman–Crippen MR) is 110 cm³/mol. The van der Waals surface area contributed by atoms with E-state index in [0.29, 0.717) is 16.7 Å². The Balaban J connectivity index is 1.75. The van der Waals surface area contributed by atoms with Crippen LogP contribution in [0.1, 0.15) is 10.4 Å². The zero-order valence-corrected chi connectivity index (χ0v) is 16.9. The highest BCUT2D eigenvalue weighted by molar-refractivity contribution is 5.99. The largest absolute Gasteiger partial charge is 0.496 e. The number of aromatic nitrogens is 1. The van der Waals surface area contributed by atoms with Crippen molar-refractivity contribution in [3.05, 3.63) is 54.1 Å². The lowest BCUT2D eigenvalue weighted by atomic mass is 10.2. The second kappa shape index (κ2) is 9.53. The summed E-state index contributed by atoms with van der Waals surface area (Å²) in [6, 6.07) is 13.4. The van der Waals surface area contributed by atoms with E-state index in [1.165, 1.54) is 18.8 Å². The first-order valence-electron chi connectivity index (χ1n) is 9.19. The number of para-hydroxylation sites is 2. The number of rotatable bonds is 7. The Bertz CT molecular complexity index is 1170. The predicted octanol–water partition coefficient (Wildman–Crippen LogP) is 2.57. The van der Waals surface area contributed by atoms with Crippen molar-refractivity contribution in [3.8, 4) is 11.6 Å². The topological polar surface area (TPSA) is 132 Å². The van der Waals surface area contributed by atoms with Crippen LogP contribution in [0.3, 0.4) is 0 Å². The number of carbonyl (C=O) groups excluding carboxylic acids is 3. The number of azo groups is 1. The van der Waals surface area contributed by atoms with Gasteiger partial charge in [0, 0.05) is 5.39 Å². The number of esters is 1. The summed E-state index contributed by atoms with van der Waals surface area (Å²) in [7, 11) is 2.68. The summed E-state index contributed by atoms with van der Waals surface area (Å²) < 4.78 is 11.1. The van der Waals surface area contributed by atoms with E-state index in [9.17, 15) is 19.5 Å². The standard InChI is InChI=1S/C21H20N4O6/c1-30-16-10-6-4-8-14(16)20(28)22-11-17(26)23-24-19-13-7-3-5-9-15(13)25(21(19)29)12-18(27)31-2/h3-10,29H,11-12H2,1-2H3,(H,22,28). The van der Waals surface area contributed by atoms with Crippen molar-refractivity contribution in [2.24, 2.45) is 10.2 Å². The number of benzene rings is 2. The van der Waals surface area contributed by atoms with E-state index in [2.05, 4.69) is 20.3 Å². The second-order valence-corrected chi connectivity index (χ2v) is 6.33. The molecule has 0 aliphatic heterocycles. The van der Waals surface area contributed by atoms with E-state index < -0.39 is 24.3 Å². The molecule has 2 amide bonds. The molecule has 0 saturated carbocycles. The van der Waals surface area contributed by atoms with Gasteiger partial charge in [-0.25, -0.2) is 0 Å². The van der Waals surface area contributed by atoms with Crippen molar-refractivity contribution in [1.82, 2.24) is 9.88 Å². The molecule has 1 aromatic heterocycles. The van der Waals surface area contributed by atoms with Crippen molar-refractivity contribution in [3.63, 3.8) is 0 Å². The van der Waals surface area contributed by atoms with Gasteiger partial charge >= 0.3 is 5.97 Å². The number of amides is 2. The number of nitrogens with one attached hydrogen (secondary N) is 1. The molecule has 3 rings (SSSR count). The van der Waals surface area contributed by atoms with Gasteiger partial charge in [0.15, 0.2) is 5.69 Å². The summed E-state index contributed by atoms with van der Waals surface area (Å²) in [6.45, 7) is -0.636.